The lowest BCUT2D eigenvalue weighted by Gasteiger charge is -2.20. The molecule has 8 nitrogen and oxygen atoms in total. The summed E-state index contributed by atoms with van der Waals surface area (Å²) in [5.41, 5.74) is 0.118. The summed E-state index contributed by atoms with van der Waals surface area (Å²) in [4.78, 5) is 34.9. The zero-order valence-corrected chi connectivity index (χ0v) is 17.1. The van der Waals surface area contributed by atoms with Gasteiger partial charge in [-0.2, -0.15) is 0 Å². The van der Waals surface area contributed by atoms with E-state index in [0.717, 1.165) is 0 Å². The Morgan fingerprint density at radius 3 is 2.37 bits per heavy atom. The second-order valence-corrected chi connectivity index (χ2v) is 7.28. The standard InChI is InChI=1S/C22H22N2O6/c1-22(2,3)30-21(26)23-18-12-17(14-20(25)29-4)16(13-19(18)24(27)28)11-10-15-8-6-5-7-9-15/h5-9,12-13H,14H2,1-4H3,(H,23,26). The molecule has 0 aliphatic rings. The van der Waals surface area contributed by atoms with Crippen molar-refractivity contribution in [3.05, 3.63) is 69.3 Å². The van der Waals surface area contributed by atoms with Crippen LogP contribution in [0, 0.1) is 22.0 Å². The van der Waals surface area contributed by atoms with E-state index in [1.807, 2.05) is 18.2 Å². The van der Waals surface area contributed by atoms with Gasteiger partial charge in [0.1, 0.15) is 11.3 Å². The predicted molar refractivity (Wildman–Crippen MR) is 111 cm³/mol. The van der Waals surface area contributed by atoms with Crippen LogP contribution in [0.25, 0.3) is 0 Å². The van der Waals surface area contributed by atoms with Crippen LogP contribution in [-0.4, -0.2) is 29.7 Å². The van der Waals surface area contributed by atoms with Crippen molar-refractivity contribution in [1.29, 1.82) is 0 Å². The van der Waals surface area contributed by atoms with Gasteiger partial charge in [0.05, 0.1) is 18.5 Å². The molecule has 0 unspecified atom stereocenters. The first-order valence-electron chi connectivity index (χ1n) is 9.04. The summed E-state index contributed by atoms with van der Waals surface area (Å²) in [6.45, 7) is 5.02. The highest BCUT2D eigenvalue weighted by atomic mass is 16.6. The summed E-state index contributed by atoms with van der Waals surface area (Å²) in [6.07, 6.45) is -1.02. The van der Waals surface area contributed by atoms with Crippen LogP contribution < -0.4 is 5.32 Å². The number of anilines is 1. The Labute approximate surface area is 174 Å². The number of hydrogen-bond acceptors (Lipinski definition) is 6. The number of nitro benzene ring substituents is 1. The molecule has 2 aromatic rings. The summed E-state index contributed by atoms with van der Waals surface area (Å²) in [6, 6.07) is 11.6. The highest BCUT2D eigenvalue weighted by Crippen LogP contribution is 2.29. The number of methoxy groups -OCH3 is 1. The number of nitrogens with zero attached hydrogens (tertiary/aromatic N) is 1. The zero-order chi connectivity index (χ0) is 22.3. The number of carbonyl (C=O) groups is 2. The Kier molecular flexibility index (Phi) is 7.15. The van der Waals surface area contributed by atoms with E-state index < -0.39 is 22.6 Å². The van der Waals surface area contributed by atoms with Crippen molar-refractivity contribution in [2.45, 2.75) is 32.8 Å². The molecule has 2 rings (SSSR count). The van der Waals surface area contributed by atoms with E-state index in [9.17, 15) is 19.7 Å². The van der Waals surface area contributed by atoms with Gasteiger partial charge in [0.15, 0.2) is 0 Å². The number of esters is 1. The fraction of sp³-hybridized carbons (Fsp3) is 0.273. The van der Waals surface area contributed by atoms with Crippen molar-refractivity contribution in [2.24, 2.45) is 0 Å². The van der Waals surface area contributed by atoms with E-state index in [2.05, 4.69) is 17.2 Å². The van der Waals surface area contributed by atoms with Gasteiger partial charge in [-0.25, -0.2) is 4.79 Å². The Balaban J connectivity index is 2.52. The van der Waals surface area contributed by atoms with Crippen LogP contribution in [0.15, 0.2) is 42.5 Å². The van der Waals surface area contributed by atoms with Crippen molar-refractivity contribution in [2.75, 3.05) is 12.4 Å². The van der Waals surface area contributed by atoms with E-state index in [1.54, 1.807) is 32.9 Å². The number of nitro groups is 1. The van der Waals surface area contributed by atoms with E-state index in [4.69, 9.17) is 9.47 Å². The minimum atomic E-state index is -0.849. The van der Waals surface area contributed by atoms with Gasteiger partial charge in [-0.05, 0) is 44.5 Å². The first kappa shape index (κ1) is 22.4. The molecule has 0 fully saturated rings. The van der Waals surface area contributed by atoms with E-state index in [-0.39, 0.29) is 23.4 Å². The molecule has 0 heterocycles. The minimum absolute atomic E-state index is 0.0987. The molecule has 0 spiro atoms. The summed E-state index contributed by atoms with van der Waals surface area (Å²) in [7, 11) is 1.24. The summed E-state index contributed by atoms with van der Waals surface area (Å²) >= 11 is 0. The lowest BCUT2D eigenvalue weighted by molar-refractivity contribution is -0.384. The summed E-state index contributed by atoms with van der Waals surface area (Å²) < 4.78 is 9.87. The molecule has 8 heteroatoms. The maximum Gasteiger partial charge on any atom is 0.412 e. The molecule has 0 saturated carbocycles. The number of amides is 1. The average Bonchev–Trinajstić information content (AvgIpc) is 2.66. The largest absolute Gasteiger partial charge is 0.469 e. The van der Waals surface area contributed by atoms with E-state index in [0.29, 0.717) is 11.1 Å². The van der Waals surface area contributed by atoms with Crippen molar-refractivity contribution in [3.63, 3.8) is 0 Å². The molecule has 0 aliphatic carbocycles. The molecule has 0 saturated heterocycles. The molecule has 0 bridgehead atoms. The monoisotopic (exact) mass is 410 g/mol. The summed E-state index contributed by atoms with van der Waals surface area (Å²) in [5, 5.41) is 14.0. The quantitative estimate of drug-likeness (QED) is 0.352. The SMILES string of the molecule is COC(=O)Cc1cc(NC(=O)OC(C)(C)C)c([N+](=O)[O-])cc1C#Cc1ccccc1. The van der Waals surface area contributed by atoms with Gasteiger partial charge < -0.3 is 9.47 Å². The second-order valence-electron chi connectivity index (χ2n) is 7.28. The van der Waals surface area contributed by atoms with E-state index >= 15 is 0 Å². The number of benzene rings is 2. The fourth-order valence-electron chi connectivity index (χ4n) is 2.45. The number of carbonyl (C=O) groups excluding carboxylic acids is 2. The van der Waals surface area contributed by atoms with Gasteiger partial charge in [0, 0.05) is 17.2 Å². The molecule has 2 aromatic carbocycles. The highest BCUT2D eigenvalue weighted by molar-refractivity contribution is 5.89. The molecular formula is C22H22N2O6. The molecule has 0 aromatic heterocycles. The van der Waals surface area contributed by atoms with Crippen LogP contribution in [0.4, 0.5) is 16.2 Å². The minimum Gasteiger partial charge on any atom is -0.469 e. The Hall–Kier alpha value is -3.86. The van der Waals surface area contributed by atoms with Crippen LogP contribution in [0.2, 0.25) is 0 Å². The van der Waals surface area contributed by atoms with Gasteiger partial charge >= 0.3 is 12.1 Å². The number of ether oxygens (including phenoxy) is 2. The maximum absolute atomic E-state index is 12.1. The van der Waals surface area contributed by atoms with Crippen LogP contribution in [-0.2, 0) is 20.7 Å². The van der Waals surface area contributed by atoms with E-state index in [1.165, 1.54) is 19.2 Å². The Morgan fingerprint density at radius 1 is 1.13 bits per heavy atom. The first-order valence-corrected chi connectivity index (χ1v) is 9.04. The van der Waals surface area contributed by atoms with Crippen LogP contribution in [0.3, 0.4) is 0 Å². The molecule has 30 heavy (non-hydrogen) atoms. The highest BCUT2D eigenvalue weighted by Gasteiger charge is 2.23. The molecule has 1 amide bonds. The fourth-order valence-corrected chi connectivity index (χ4v) is 2.45. The Morgan fingerprint density at radius 2 is 1.80 bits per heavy atom. The van der Waals surface area contributed by atoms with Gasteiger partial charge in [0.25, 0.3) is 5.69 Å². The number of nitrogens with one attached hydrogen (secondary N) is 1. The molecule has 1 N–H and O–H groups in total. The number of rotatable bonds is 4. The van der Waals surface area contributed by atoms with Gasteiger partial charge in [0.2, 0.25) is 0 Å². The topological polar surface area (TPSA) is 108 Å². The molecule has 0 aliphatic heterocycles. The summed E-state index contributed by atoms with van der Waals surface area (Å²) in [5.74, 6) is 5.23. The molecular weight excluding hydrogens is 388 g/mol. The van der Waals surface area contributed by atoms with Crippen molar-refractivity contribution < 1.29 is 24.0 Å². The van der Waals surface area contributed by atoms with Crippen molar-refractivity contribution in [3.8, 4) is 11.8 Å². The molecule has 156 valence electrons. The predicted octanol–water partition coefficient (Wildman–Crippen LogP) is 4.06. The Bertz CT molecular complexity index is 1010. The van der Waals surface area contributed by atoms with Gasteiger partial charge in [-0.1, -0.05) is 30.0 Å². The smallest absolute Gasteiger partial charge is 0.412 e. The van der Waals surface area contributed by atoms with Gasteiger partial charge in [-0.15, -0.1) is 0 Å². The second kappa shape index (κ2) is 9.56. The third-order valence-electron chi connectivity index (χ3n) is 3.73. The molecule has 0 radical (unpaired) electrons. The lowest BCUT2D eigenvalue weighted by Crippen LogP contribution is -2.27. The van der Waals surface area contributed by atoms with Crippen molar-refractivity contribution >= 4 is 23.4 Å². The lowest BCUT2D eigenvalue weighted by atomic mass is 10.0. The van der Waals surface area contributed by atoms with Crippen LogP contribution in [0.1, 0.15) is 37.5 Å². The third-order valence-corrected chi connectivity index (χ3v) is 3.73. The third kappa shape index (κ3) is 6.63. The first-order chi connectivity index (χ1) is 14.1. The van der Waals surface area contributed by atoms with Crippen molar-refractivity contribution in [1.82, 2.24) is 0 Å². The van der Waals surface area contributed by atoms with Crippen LogP contribution in [0.5, 0.6) is 0 Å². The van der Waals surface area contributed by atoms with Gasteiger partial charge in [-0.3, -0.25) is 20.2 Å². The normalized spacial score (nSPS) is 10.4. The zero-order valence-electron chi connectivity index (χ0n) is 17.1. The average molecular weight is 410 g/mol. The van der Waals surface area contributed by atoms with Crippen LogP contribution >= 0.6 is 0 Å². The molecule has 0 atom stereocenters. The number of hydrogen-bond donors (Lipinski definition) is 1. The maximum atomic E-state index is 12.1.